The fraction of sp³-hybridized carbons (Fsp3) is 0.940. The Labute approximate surface area is 524 Å². The van der Waals surface area contributed by atoms with Crippen LogP contribution in [0.1, 0.15) is 343 Å². The molecule has 0 aromatic heterocycles. The van der Waals surface area contributed by atoms with Crippen molar-refractivity contribution in [2.24, 2.45) is 5.92 Å². The number of hydrogen-bond acceptors (Lipinski definition) is 15. The number of aliphatic hydroxyl groups excluding tert-OH is 1. The van der Waals surface area contributed by atoms with Gasteiger partial charge in [0, 0.05) is 25.7 Å². The van der Waals surface area contributed by atoms with Crippen molar-refractivity contribution in [1.29, 1.82) is 0 Å². The summed E-state index contributed by atoms with van der Waals surface area (Å²) in [6.07, 6.45) is 45.8. The Hall–Kier alpha value is -1.94. The van der Waals surface area contributed by atoms with Gasteiger partial charge in [0.2, 0.25) is 0 Å². The summed E-state index contributed by atoms with van der Waals surface area (Å²) in [6.45, 7) is 7.16. The molecule has 0 aromatic rings. The lowest BCUT2D eigenvalue weighted by Gasteiger charge is -2.21. The van der Waals surface area contributed by atoms with Crippen LogP contribution in [0, 0.1) is 5.92 Å². The summed E-state index contributed by atoms with van der Waals surface area (Å²) in [6, 6.07) is 0. The van der Waals surface area contributed by atoms with Crippen molar-refractivity contribution in [3.63, 3.8) is 0 Å². The number of ether oxygens (including phenoxy) is 4. The second-order valence-electron chi connectivity index (χ2n) is 24.7. The molecule has 2 unspecified atom stereocenters. The van der Waals surface area contributed by atoms with E-state index in [1.807, 2.05) is 0 Å². The molecule has 0 saturated heterocycles. The van der Waals surface area contributed by atoms with Gasteiger partial charge in [0.15, 0.2) is 12.2 Å². The van der Waals surface area contributed by atoms with Crippen LogP contribution in [0.3, 0.4) is 0 Å². The Bertz CT molecular complexity index is 1670. The van der Waals surface area contributed by atoms with Crippen LogP contribution in [0.5, 0.6) is 0 Å². The molecule has 0 heterocycles. The van der Waals surface area contributed by atoms with Gasteiger partial charge >= 0.3 is 39.5 Å². The number of phosphoric ester groups is 2. The molecule has 0 amide bonds. The average Bonchev–Trinajstić information content (AvgIpc) is 3.65. The van der Waals surface area contributed by atoms with Crippen molar-refractivity contribution in [3.8, 4) is 0 Å². The molecule has 86 heavy (non-hydrogen) atoms. The number of carbonyl (C=O) groups excluding carboxylic acids is 4. The van der Waals surface area contributed by atoms with Crippen LogP contribution in [0.4, 0.5) is 0 Å². The first-order valence-electron chi connectivity index (χ1n) is 35.1. The van der Waals surface area contributed by atoms with E-state index in [0.29, 0.717) is 25.7 Å². The summed E-state index contributed by atoms with van der Waals surface area (Å²) in [5, 5.41) is 10.6. The van der Waals surface area contributed by atoms with E-state index in [9.17, 15) is 43.2 Å². The molecule has 17 nitrogen and oxygen atoms in total. The first-order valence-corrected chi connectivity index (χ1v) is 38.1. The second kappa shape index (κ2) is 60.6. The van der Waals surface area contributed by atoms with Gasteiger partial charge in [-0.05, 0) is 31.6 Å². The van der Waals surface area contributed by atoms with Gasteiger partial charge in [0.05, 0.1) is 26.4 Å². The van der Waals surface area contributed by atoms with Gasteiger partial charge in [-0.1, -0.05) is 291 Å². The molecule has 0 aliphatic rings. The molecule has 0 fully saturated rings. The number of phosphoric acid groups is 2. The Balaban J connectivity index is 5.22. The molecule has 0 saturated carbocycles. The monoisotopic (exact) mass is 1270 g/mol. The van der Waals surface area contributed by atoms with E-state index in [2.05, 4.69) is 34.6 Å². The van der Waals surface area contributed by atoms with Gasteiger partial charge in [-0.15, -0.1) is 0 Å². The number of hydrogen-bond donors (Lipinski definition) is 3. The van der Waals surface area contributed by atoms with E-state index in [0.717, 1.165) is 102 Å². The van der Waals surface area contributed by atoms with Gasteiger partial charge in [-0.3, -0.25) is 37.3 Å². The van der Waals surface area contributed by atoms with Crippen LogP contribution in [-0.2, 0) is 65.4 Å². The molecule has 5 atom stereocenters. The smallest absolute Gasteiger partial charge is 0.462 e. The SMILES string of the molecule is CCCCCCCCCCCCCCCCCC(=O)O[C@H](COC(=O)CCCCCCCCCCCCCC)COP(=O)(O)OC[C@@H](O)COP(=O)(O)OC[C@@H](COC(=O)CCCCCCCCCC)OC(=O)CCCCCCCCCCC(C)C. The van der Waals surface area contributed by atoms with Crippen LogP contribution in [0.25, 0.3) is 0 Å². The molecule has 0 bridgehead atoms. The maximum absolute atomic E-state index is 13.0. The Kier molecular flexibility index (Phi) is 59.2. The zero-order valence-corrected chi connectivity index (χ0v) is 57.2. The first-order chi connectivity index (χ1) is 41.5. The molecule has 0 aliphatic heterocycles. The fourth-order valence-electron chi connectivity index (χ4n) is 10.1. The van der Waals surface area contributed by atoms with E-state index in [4.69, 9.17) is 37.0 Å². The second-order valence-corrected chi connectivity index (χ2v) is 27.6. The maximum atomic E-state index is 13.0. The van der Waals surface area contributed by atoms with Crippen molar-refractivity contribution in [2.45, 2.75) is 361 Å². The third kappa shape index (κ3) is 60.9. The minimum atomic E-state index is -4.95. The van der Waals surface area contributed by atoms with Crippen LogP contribution < -0.4 is 0 Å². The third-order valence-electron chi connectivity index (χ3n) is 15.5. The van der Waals surface area contributed by atoms with Crippen LogP contribution in [-0.4, -0.2) is 96.7 Å². The molecular formula is C67H130O17P2. The summed E-state index contributed by atoms with van der Waals surface area (Å²) >= 11 is 0. The molecule has 510 valence electrons. The number of rotatable bonds is 67. The highest BCUT2D eigenvalue weighted by atomic mass is 31.2. The number of carbonyl (C=O) groups is 4. The van der Waals surface area contributed by atoms with E-state index in [1.54, 1.807) is 0 Å². The lowest BCUT2D eigenvalue weighted by atomic mass is 10.0. The zero-order chi connectivity index (χ0) is 63.5. The minimum absolute atomic E-state index is 0.105. The quantitative estimate of drug-likeness (QED) is 0.0222. The van der Waals surface area contributed by atoms with Crippen molar-refractivity contribution >= 4 is 39.5 Å². The van der Waals surface area contributed by atoms with E-state index >= 15 is 0 Å². The fourth-order valence-corrected chi connectivity index (χ4v) is 11.7. The van der Waals surface area contributed by atoms with Crippen LogP contribution in [0.2, 0.25) is 0 Å². The predicted octanol–water partition coefficient (Wildman–Crippen LogP) is 19.0. The van der Waals surface area contributed by atoms with Gasteiger partial charge in [0.25, 0.3) is 0 Å². The van der Waals surface area contributed by atoms with E-state index < -0.39 is 97.5 Å². The molecule has 19 heteroatoms. The van der Waals surface area contributed by atoms with Crippen LogP contribution in [0.15, 0.2) is 0 Å². The summed E-state index contributed by atoms with van der Waals surface area (Å²) in [5.74, 6) is -1.41. The van der Waals surface area contributed by atoms with Crippen molar-refractivity contribution in [1.82, 2.24) is 0 Å². The van der Waals surface area contributed by atoms with Crippen molar-refractivity contribution < 1.29 is 80.2 Å². The largest absolute Gasteiger partial charge is 0.472 e. The molecular weight excluding hydrogens is 1140 g/mol. The van der Waals surface area contributed by atoms with Crippen LogP contribution >= 0.6 is 15.6 Å². The van der Waals surface area contributed by atoms with Gasteiger partial charge in [-0.2, -0.15) is 0 Å². The Morgan fingerprint density at radius 2 is 0.535 bits per heavy atom. The summed E-state index contributed by atoms with van der Waals surface area (Å²) in [7, 11) is -9.89. The van der Waals surface area contributed by atoms with E-state index in [1.165, 1.54) is 161 Å². The normalized spacial score (nSPS) is 14.2. The molecule has 3 N–H and O–H groups in total. The highest BCUT2D eigenvalue weighted by Crippen LogP contribution is 2.45. The lowest BCUT2D eigenvalue weighted by molar-refractivity contribution is -0.161. The van der Waals surface area contributed by atoms with Gasteiger partial charge in [-0.25, -0.2) is 9.13 Å². The molecule has 0 radical (unpaired) electrons. The van der Waals surface area contributed by atoms with Crippen molar-refractivity contribution in [3.05, 3.63) is 0 Å². The maximum Gasteiger partial charge on any atom is 0.472 e. The van der Waals surface area contributed by atoms with E-state index in [-0.39, 0.29) is 25.7 Å². The third-order valence-corrected chi connectivity index (χ3v) is 17.4. The summed E-state index contributed by atoms with van der Waals surface area (Å²) < 4.78 is 68.1. The number of unbranched alkanes of at least 4 members (excludes halogenated alkanes) is 39. The summed E-state index contributed by atoms with van der Waals surface area (Å²) in [5.41, 5.74) is 0. The minimum Gasteiger partial charge on any atom is -0.462 e. The first kappa shape index (κ1) is 84.1. The molecule has 0 rings (SSSR count). The molecule has 0 aliphatic carbocycles. The summed E-state index contributed by atoms with van der Waals surface area (Å²) in [4.78, 5) is 72.3. The highest BCUT2D eigenvalue weighted by Gasteiger charge is 2.30. The van der Waals surface area contributed by atoms with Gasteiger partial charge < -0.3 is 33.8 Å². The van der Waals surface area contributed by atoms with Gasteiger partial charge in [0.1, 0.15) is 19.3 Å². The van der Waals surface area contributed by atoms with Crippen molar-refractivity contribution in [2.75, 3.05) is 39.6 Å². The Morgan fingerprint density at radius 3 is 0.791 bits per heavy atom. The lowest BCUT2D eigenvalue weighted by Crippen LogP contribution is -2.30. The predicted molar refractivity (Wildman–Crippen MR) is 345 cm³/mol. The topological polar surface area (TPSA) is 237 Å². The number of esters is 4. The number of aliphatic hydroxyl groups is 1. The Morgan fingerprint density at radius 1 is 0.314 bits per heavy atom. The molecule has 0 aromatic carbocycles. The zero-order valence-electron chi connectivity index (χ0n) is 55.4. The molecule has 0 spiro atoms. The highest BCUT2D eigenvalue weighted by molar-refractivity contribution is 7.47. The standard InChI is InChI=1S/C67H130O17P2/c1-6-9-12-15-18-21-23-25-26-27-29-31-37-42-47-52-66(71)83-63(57-78-65(70)51-46-41-36-30-28-24-22-19-16-13-10-7-2)59-82-86(75,76)80-55-61(68)54-79-85(73,74)81-58-62(56-77-64(69)50-45-40-35-20-17-14-11-8-3)84-67(72)53-48-43-38-33-32-34-39-44-49-60(4)5/h60-63,68H,6-59H2,1-5H3,(H,73,74)(H,75,76)/t61-,62+,63+/m0/s1. The average molecular weight is 1270 g/mol.